The lowest BCUT2D eigenvalue weighted by Crippen LogP contribution is -1.91. The van der Waals surface area contributed by atoms with E-state index in [0.29, 0.717) is 0 Å². The van der Waals surface area contributed by atoms with Gasteiger partial charge in [-0.25, -0.2) is 0 Å². The van der Waals surface area contributed by atoms with Crippen molar-refractivity contribution in [2.24, 2.45) is 0 Å². The maximum absolute atomic E-state index is 5.61. The van der Waals surface area contributed by atoms with E-state index in [0.717, 1.165) is 22.8 Å². The van der Waals surface area contributed by atoms with Crippen molar-refractivity contribution >= 4 is 54.3 Å². The lowest BCUT2D eigenvalue weighted by atomic mass is 10.2. The second-order valence-electron chi connectivity index (χ2n) is 3.48. The molecule has 2 aromatic carbocycles. The number of halogens is 3. The van der Waals surface area contributed by atoms with E-state index in [2.05, 4.69) is 5.32 Å². The molecule has 0 aromatic heterocycles. The predicted molar refractivity (Wildman–Crippen MR) is 88.9 cm³/mol. The van der Waals surface area contributed by atoms with Crippen molar-refractivity contribution in [3.63, 3.8) is 0 Å². The number of hydrogen-bond acceptors (Lipinski definition) is 3. The van der Waals surface area contributed by atoms with Gasteiger partial charge in [-0.3, -0.25) is 0 Å². The van der Waals surface area contributed by atoms with Crippen LogP contribution in [0.4, 0.5) is 17.1 Å². The van der Waals surface area contributed by atoms with Crippen LogP contribution in [-0.2, 0) is 0 Å². The largest absolute Gasteiger partial charge is 0.497 e. The fourth-order valence-electron chi connectivity index (χ4n) is 1.41. The Morgan fingerprint density at radius 1 is 0.789 bits per heavy atom. The summed E-state index contributed by atoms with van der Waals surface area (Å²) in [6.45, 7) is 0. The molecule has 6 heteroatoms. The van der Waals surface area contributed by atoms with Crippen LogP contribution in [-0.4, -0.2) is 7.11 Å². The maximum Gasteiger partial charge on any atom is 0.119 e. The second-order valence-corrected chi connectivity index (χ2v) is 3.48. The Morgan fingerprint density at radius 2 is 1.21 bits per heavy atom. The van der Waals surface area contributed by atoms with Crippen molar-refractivity contribution in [3.05, 3.63) is 48.5 Å². The third-order valence-electron chi connectivity index (χ3n) is 2.29. The van der Waals surface area contributed by atoms with E-state index in [9.17, 15) is 0 Å². The minimum Gasteiger partial charge on any atom is -0.497 e. The van der Waals surface area contributed by atoms with Crippen molar-refractivity contribution in [2.45, 2.75) is 0 Å². The van der Waals surface area contributed by atoms with E-state index in [1.807, 2.05) is 48.5 Å². The van der Waals surface area contributed by atoms with Crippen LogP contribution >= 0.6 is 37.2 Å². The minimum absolute atomic E-state index is 0. The molecule has 0 bridgehead atoms. The van der Waals surface area contributed by atoms with Gasteiger partial charge >= 0.3 is 0 Å². The first kappa shape index (κ1) is 20.0. The van der Waals surface area contributed by atoms with Crippen LogP contribution in [0.3, 0.4) is 0 Å². The van der Waals surface area contributed by atoms with Crippen molar-refractivity contribution in [1.29, 1.82) is 0 Å². The molecule has 3 N–H and O–H groups in total. The molecular formula is C13H17Cl3N2O. The van der Waals surface area contributed by atoms with Gasteiger partial charge in [0, 0.05) is 17.1 Å². The van der Waals surface area contributed by atoms with Gasteiger partial charge in [0.2, 0.25) is 0 Å². The Kier molecular flexibility index (Phi) is 10.1. The summed E-state index contributed by atoms with van der Waals surface area (Å²) < 4.78 is 5.09. The van der Waals surface area contributed by atoms with Crippen LogP contribution in [0.25, 0.3) is 0 Å². The molecule has 3 nitrogen and oxygen atoms in total. The van der Waals surface area contributed by atoms with Crippen LogP contribution in [0.2, 0.25) is 0 Å². The highest BCUT2D eigenvalue weighted by Gasteiger charge is 1.95. The zero-order chi connectivity index (χ0) is 11.4. The fraction of sp³-hybridized carbons (Fsp3) is 0.0769. The van der Waals surface area contributed by atoms with Gasteiger partial charge in [-0.1, -0.05) is 0 Å². The first-order valence-electron chi connectivity index (χ1n) is 5.04. The Hall–Kier alpha value is -1.29. The van der Waals surface area contributed by atoms with Gasteiger partial charge in [0.1, 0.15) is 5.75 Å². The Bertz CT molecular complexity index is 460. The zero-order valence-electron chi connectivity index (χ0n) is 10.3. The van der Waals surface area contributed by atoms with Crippen molar-refractivity contribution in [3.8, 4) is 5.75 Å². The number of anilines is 3. The van der Waals surface area contributed by atoms with Crippen molar-refractivity contribution in [1.82, 2.24) is 0 Å². The molecule has 19 heavy (non-hydrogen) atoms. The number of nitrogens with one attached hydrogen (secondary N) is 1. The Morgan fingerprint density at radius 3 is 1.63 bits per heavy atom. The molecule has 0 unspecified atom stereocenters. The molecule has 0 aliphatic rings. The third kappa shape index (κ3) is 5.92. The summed E-state index contributed by atoms with van der Waals surface area (Å²) in [5.74, 6) is 0.850. The molecule has 0 amide bonds. The smallest absolute Gasteiger partial charge is 0.119 e. The minimum atomic E-state index is 0. The summed E-state index contributed by atoms with van der Waals surface area (Å²) in [5.41, 5.74) is 8.41. The average Bonchev–Trinajstić information content (AvgIpc) is 2.33. The van der Waals surface area contributed by atoms with Gasteiger partial charge in [0.25, 0.3) is 0 Å². The molecule has 0 saturated carbocycles. The number of ether oxygens (including phenoxy) is 1. The summed E-state index contributed by atoms with van der Waals surface area (Å²) in [6.07, 6.45) is 0. The third-order valence-corrected chi connectivity index (χ3v) is 2.29. The van der Waals surface area contributed by atoms with Gasteiger partial charge in [0.15, 0.2) is 0 Å². The zero-order valence-corrected chi connectivity index (χ0v) is 12.8. The highest BCUT2D eigenvalue weighted by Crippen LogP contribution is 2.20. The normalized spacial score (nSPS) is 8.26. The monoisotopic (exact) mass is 322 g/mol. The maximum atomic E-state index is 5.61. The summed E-state index contributed by atoms with van der Waals surface area (Å²) in [4.78, 5) is 0. The predicted octanol–water partition coefficient (Wildman–Crippen LogP) is 4.29. The molecule has 106 valence electrons. The quantitative estimate of drug-likeness (QED) is 0.829. The van der Waals surface area contributed by atoms with E-state index in [1.165, 1.54) is 0 Å². The summed E-state index contributed by atoms with van der Waals surface area (Å²) in [6, 6.07) is 15.4. The number of hydrogen-bond donors (Lipinski definition) is 2. The molecular weight excluding hydrogens is 307 g/mol. The number of rotatable bonds is 3. The number of nitrogens with two attached hydrogens (primary N) is 1. The summed E-state index contributed by atoms with van der Waals surface area (Å²) >= 11 is 0. The Labute approximate surface area is 131 Å². The topological polar surface area (TPSA) is 47.3 Å². The molecule has 0 aliphatic carbocycles. The van der Waals surface area contributed by atoms with Crippen LogP contribution in [0, 0.1) is 0 Å². The summed E-state index contributed by atoms with van der Waals surface area (Å²) in [7, 11) is 1.66. The lowest BCUT2D eigenvalue weighted by Gasteiger charge is -2.07. The molecule has 0 saturated heterocycles. The first-order chi connectivity index (χ1) is 7.78. The van der Waals surface area contributed by atoms with Gasteiger partial charge in [0.05, 0.1) is 7.11 Å². The van der Waals surface area contributed by atoms with E-state index < -0.39 is 0 Å². The first-order valence-corrected chi connectivity index (χ1v) is 5.04. The second kappa shape index (κ2) is 9.62. The van der Waals surface area contributed by atoms with E-state index in [4.69, 9.17) is 10.5 Å². The molecule has 0 heterocycles. The Balaban J connectivity index is 0. The standard InChI is InChI=1S/C13H14N2O.3ClH/c1-16-13-8-6-12(7-9-13)15-11-4-2-10(14)3-5-11;;;/h2-9,15H,14H2,1H3;3*1H. The van der Waals surface area contributed by atoms with Crippen LogP contribution in [0.1, 0.15) is 0 Å². The molecule has 2 aromatic rings. The lowest BCUT2D eigenvalue weighted by molar-refractivity contribution is 0.415. The van der Waals surface area contributed by atoms with E-state index in [1.54, 1.807) is 7.11 Å². The molecule has 0 fully saturated rings. The highest BCUT2D eigenvalue weighted by molar-refractivity contribution is 5.86. The SMILES string of the molecule is COc1ccc(Nc2ccc(N)cc2)cc1.Cl.Cl.Cl. The molecule has 0 spiro atoms. The van der Waals surface area contributed by atoms with Gasteiger partial charge < -0.3 is 15.8 Å². The average molecular weight is 324 g/mol. The van der Waals surface area contributed by atoms with Gasteiger partial charge in [-0.2, -0.15) is 0 Å². The number of nitrogen functional groups attached to an aromatic ring is 1. The molecule has 0 aliphatic heterocycles. The fourth-order valence-corrected chi connectivity index (χ4v) is 1.41. The molecule has 0 radical (unpaired) electrons. The summed E-state index contributed by atoms with van der Waals surface area (Å²) in [5, 5.41) is 3.27. The molecule has 0 atom stereocenters. The van der Waals surface area contributed by atoms with Crippen LogP contribution in [0.5, 0.6) is 5.75 Å². The van der Waals surface area contributed by atoms with E-state index in [-0.39, 0.29) is 37.2 Å². The number of methoxy groups -OCH3 is 1. The highest BCUT2D eigenvalue weighted by atomic mass is 35.5. The van der Waals surface area contributed by atoms with Gasteiger partial charge in [-0.05, 0) is 48.5 Å². The van der Waals surface area contributed by atoms with Crippen molar-refractivity contribution < 1.29 is 4.74 Å². The molecule has 2 rings (SSSR count). The van der Waals surface area contributed by atoms with Crippen LogP contribution < -0.4 is 15.8 Å². The van der Waals surface area contributed by atoms with Crippen molar-refractivity contribution in [2.75, 3.05) is 18.2 Å². The van der Waals surface area contributed by atoms with E-state index >= 15 is 0 Å². The van der Waals surface area contributed by atoms with Crippen LogP contribution in [0.15, 0.2) is 48.5 Å². The number of benzene rings is 2. The van der Waals surface area contributed by atoms with Gasteiger partial charge in [-0.15, -0.1) is 37.2 Å².